The van der Waals surface area contributed by atoms with E-state index < -0.39 is 16.7 Å². The Hall–Kier alpha value is -3.09. The SMILES string of the molecule is CCCCC(=O)Oc1ccc(C(C2=C(O)CC(C)(C)CC2=O)C2=C(O)CC(C)(C)CC2=O)cc1OC. The van der Waals surface area contributed by atoms with Gasteiger partial charge in [-0.2, -0.15) is 0 Å². The fourth-order valence-corrected chi connectivity index (χ4v) is 5.18. The van der Waals surface area contributed by atoms with Crippen molar-refractivity contribution < 1.29 is 34.1 Å². The van der Waals surface area contributed by atoms with Gasteiger partial charge >= 0.3 is 5.97 Å². The summed E-state index contributed by atoms with van der Waals surface area (Å²) in [7, 11) is 1.44. The van der Waals surface area contributed by atoms with Gasteiger partial charge in [-0.3, -0.25) is 14.4 Å². The van der Waals surface area contributed by atoms with E-state index in [-0.39, 0.29) is 83.8 Å². The van der Waals surface area contributed by atoms with Gasteiger partial charge in [-0.05, 0) is 34.9 Å². The lowest BCUT2D eigenvalue weighted by Crippen LogP contribution is -2.33. The topological polar surface area (TPSA) is 110 Å². The molecule has 0 aromatic heterocycles. The van der Waals surface area contributed by atoms with Gasteiger partial charge in [-0.15, -0.1) is 0 Å². The molecule has 1 aromatic carbocycles. The lowest BCUT2D eigenvalue weighted by Gasteiger charge is -2.36. The molecule has 7 nitrogen and oxygen atoms in total. The van der Waals surface area contributed by atoms with Crippen LogP contribution in [-0.4, -0.2) is 34.9 Å². The van der Waals surface area contributed by atoms with Crippen LogP contribution in [-0.2, 0) is 14.4 Å². The van der Waals surface area contributed by atoms with Crippen molar-refractivity contribution in [2.75, 3.05) is 7.11 Å². The van der Waals surface area contributed by atoms with Gasteiger partial charge in [0.05, 0.1) is 7.11 Å². The Morgan fingerprint density at radius 2 is 1.44 bits per heavy atom. The van der Waals surface area contributed by atoms with Gasteiger partial charge < -0.3 is 19.7 Å². The zero-order valence-electron chi connectivity index (χ0n) is 22.2. The monoisotopic (exact) mass is 498 g/mol. The number of carbonyl (C=O) groups is 3. The number of allylic oxidation sites excluding steroid dienone is 4. The highest BCUT2D eigenvalue weighted by molar-refractivity contribution is 6.05. The number of aliphatic hydroxyl groups excluding tert-OH is 2. The third kappa shape index (κ3) is 6.00. The zero-order valence-corrected chi connectivity index (χ0v) is 22.2. The van der Waals surface area contributed by atoms with Gasteiger partial charge in [0.15, 0.2) is 23.1 Å². The second-order valence-corrected chi connectivity index (χ2v) is 11.5. The summed E-state index contributed by atoms with van der Waals surface area (Å²) in [6.45, 7) is 9.61. The summed E-state index contributed by atoms with van der Waals surface area (Å²) in [5, 5.41) is 22.1. The maximum Gasteiger partial charge on any atom is 0.311 e. The number of ether oxygens (including phenoxy) is 2. The van der Waals surface area contributed by atoms with E-state index in [1.807, 2.05) is 34.6 Å². The van der Waals surface area contributed by atoms with E-state index >= 15 is 0 Å². The molecule has 0 heterocycles. The summed E-state index contributed by atoms with van der Waals surface area (Å²) in [6.07, 6.45) is 2.83. The number of methoxy groups -OCH3 is 1. The van der Waals surface area contributed by atoms with Crippen LogP contribution >= 0.6 is 0 Å². The minimum absolute atomic E-state index is 0.0757. The van der Waals surface area contributed by atoms with Gasteiger partial charge in [0.2, 0.25) is 0 Å². The molecular formula is C29H38O7. The van der Waals surface area contributed by atoms with Crippen molar-refractivity contribution >= 4 is 17.5 Å². The van der Waals surface area contributed by atoms with Crippen LogP contribution in [0.3, 0.4) is 0 Å². The number of hydrogen-bond donors (Lipinski definition) is 2. The molecule has 0 amide bonds. The van der Waals surface area contributed by atoms with Crippen molar-refractivity contribution in [2.24, 2.45) is 10.8 Å². The number of rotatable bonds is 8. The molecule has 0 saturated carbocycles. The average molecular weight is 499 g/mol. The highest BCUT2D eigenvalue weighted by atomic mass is 16.6. The summed E-state index contributed by atoms with van der Waals surface area (Å²) in [4.78, 5) is 38.9. The van der Waals surface area contributed by atoms with Crippen LogP contribution in [0.1, 0.15) is 91.0 Å². The smallest absolute Gasteiger partial charge is 0.311 e. The Bertz CT molecular complexity index is 1070. The third-order valence-electron chi connectivity index (χ3n) is 6.85. The molecule has 2 N–H and O–H groups in total. The molecule has 196 valence electrons. The van der Waals surface area contributed by atoms with E-state index in [1.165, 1.54) is 7.11 Å². The molecule has 0 radical (unpaired) electrons. The number of ketones is 2. The Morgan fingerprint density at radius 1 is 0.917 bits per heavy atom. The highest BCUT2D eigenvalue weighted by Crippen LogP contribution is 2.48. The minimum atomic E-state index is -0.962. The van der Waals surface area contributed by atoms with Crippen molar-refractivity contribution in [3.8, 4) is 11.5 Å². The number of unbranched alkanes of at least 4 members (excludes halogenated alkanes) is 1. The largest absolute Gasteiger partial charge is 0.512 e. The van der Waals surface area contributed by atoms with Crippen LogP contribution in [0.5, 0.6) is 11.5 Å². The lowest BCUT2D eigenvalue weighted by molar-refractivity contribution is -0.134. The maximum atomic E-state index is 13.4. The Labute approximate surface area is 213 Å². The zero-order chi connectivity index (χ0) is 26.8. The first-order valence-electron chi connectivity index (χ1n) is 12.6. The summed E-state index contributed by atoms with van der Waals surface area (Å²) in [5.41, 5.74) is -0.0987. The van der Waals surface area contributed by atoms with Gasteiger partial charge in [0.1, 0.15) is 11.5 Å². The second-order valence-electron chi connectivity index (χ2n) is 11.5. The average Bonchev–Trinajstić information content (AvgIpc) is 2.74. The van der Waals surface area contributed by atoms with Crippen LogP contribution in [0.25, 0.3) is 0 Å². The van der Waals surface area contributed by atoms with Crippen LogP contribution in [0.2, 0.25) is 0 Å². The molecule has 0 bridgehead atoms. The number of aliphatic hydroxyl groups is 2. The molecule has 2 aliphatic rings. The van der Waals surface area contributed by atoms with Crippen molar-refractivity contribution in [3.05, 3.63) is 46.4 Å². The summed E-state index contributed by atoms with van der Waals surface area (Å²) >= 11 is 0. The van der Waals surface area contributed by atoms with Crippen molar-refractivity contribution in [3.63, 3.8) is 0 Å². The van der Waals surface area contributed by atoms with E-state index in [0.29, 0.717) is 12.0 Å². The Balaban J connectivity index is 2.16. The fraction of sp³-hybridized carbons (Fsp3) is 0.552. The first-order valence-corrected chi connectivity index (χ1v) is 12.6. The summed E-state index contributed by atoms with van der Waals surface area (Å²) < 4.78 is 11.0. The molecule has 0 atom stereocenters. The fourth-order valence-electron chi connectivity index (χ4n) is 5.18. The van der Waals surface area contributed by atoms with E-state index in [1.54, 1.807) is 18.2 Å². The molecule has 2 aliphatic carbocycles. The van der Waals surface area contributed by atoms with E-state index in [4.69, 9.17) is 9.47 Å². The number of hydrogen-bond acceptors (Lipinski definition) is 7. The second kappa shape index (κ2) is 10.5. The minimum Gasteiger partial charge on any atom is -0.512 e. The molecular weight excluding hydrogens is 460 g/mol. The number of carbonyl (C=O) groups excluding carboxylic acids is 3. The van der Waals surface area contributed by atoms with Gasteiger partial charge in [-0.25, -0.2) is 0 Å². The Morgan fingerprint density at radius 3 is 1.89 bits per heavy atom. The molecule has 0 fully saturated rings. The molecule has 0 spiro atoms. The first-order chi connectivity index (χ1) is 16.8. The standard InChI is InChI=1S/C29H38O7/c1-7-8-9-24(34)36-22-11-10-17(12-23(22)35-6)25(26-18(30)13-28(2,3)14-19(26)31)27-20(32)15-29(4,5)16-21(27)33/h10-12,25,30,32H,7-9,13-16H2,1-6H3. The van der Waals surface area contributed by atoms with Gasteiger partial charge in [0.25, 0.3) is 0 Å². The van der Waals surface area contributed by atoms with E-state index in [9.17, 15) is 24.6 Å². The van der Waals surface area contributed by atoms with Crippen LogP contribution < -0.4 is 9.47 Å². The number of esters is 1. The maximum absolute atomic E-state index is 13.4. The number of Topliss-reactive ketones (excluding diaryl/α,β-unsaturated/α-hetero) is 2. The van der Waals surface area contributed by atoms with Crippen molar-refractivity contribution in [1.29, 1.82) is 0 Å². The molecule has 7 heteroatoms. The van der Waals surface area contributed by atoms with Crippen LogP contribution in [0, 0.1) is 10.8 Å². The van der Waals surface area contributed by atoms with E-state index in [2.05, 4.69) is 0 Å². The molecule has 0 aliphatic heterocycles. The van der Waals surface area contributed by atoms with Gasteiger partial charge in [-0.1, -0.05) is 47.1 Å². The third-order valence-corrected chi connectivity index (χ3v) is 6.85. The van der Waals surface area contributed by atoms with Crippen LogP contribution in [0.15, 0.2) is 40.9 Å². The molecule has 0 saturated heterocycles. The molecule has 36 heavy (non-hydrogen) atoms. The Kier molecular flexibility index (Phi) is 8.01. The summed E-state index contributed by atoms with van der Waals surface area (Å²) in [6, 6.07) is 4.82. The first kappa shape index (κ1) is 27.5. The lowest BCUT2D eigenvalue weighted by atomic mass is 9.67. The number of benzene rings is 1. The summed E-state index contributed by atoms with van der Waals surface area (Å²) in [5.74, 6) is -1.53. The van der Waals surface area contributed by atoms with Crippen molar-refractivity contribution in [2.45, 2.75) is 85.5 Å². The predicted octanol–water partition coefficient (Wildman–Crippen LogP) is 6.28. The molecule has 1 aromatic rings. The highest BCUT2D eigenvalue weighted by Gasteiger charge is 2.43. The van der Waals surface area contributed by atoms with Crippen molar-refractivity contribution in [1.82, 2.24) is 0 Å². The molecule has 3 rings (SSSR count). The van der Waals surface area contributed by atoms with Gasteiger partial charge in [0, 0.05) is 49.2 Å². The van der Waals surface area contributed by atoms with Crippen LogP contribution in [0.4, 0.5) is 0 Å². The normalized spacial score (nSPS) is 19.6. The quantitative estimate of drug-likeness (QED) is 0.321. The van der Waals surface area contributed by atoms with E-state index in [0.717, 1.165) is 6.42 Å². The molecule has 0 unspecified atom stereocenters. The predicted molar refractivity (Wildman–Crippen MR) is 136 cm³/mol.